The molecule has 7 nitrogen and oxygen atoms in total. The van der Waals surface area contributed by atoms with Crippen molar-refractivity contribution in [3.05, 3.63) is 12.5 Å². The normalized spacial score (nSPS) is 22.8. The van der Waals surface area contributed by atoms with E-state index in [0.29, 0.717) is 13.3 Å². The van der Waals surface area contributed by atoms with Gasteiger partial charge < -0.3 is 24.0 Å². The van der Waals surface area contributed by atoms with Crippen LogP contribution in [0.3, 0.4) is 0 Å². The lowest BCUT2D eigenvalue weighted by Crippen LogP contribution is -2.47. The van der Waals surface area contributed by atoms with Gasteiger partial charge in [-0.15, -0.1) is 0 Å². The van der Waals surface area contributed by atoms with Crippen molar-refractivity contribution in [3.8, 4) is 5.75 Å². The number of piperidine rings is 1. The lowest BCUT2D eigenvalue weighted by Gasteiger charge is -2.37. The molecule has 1 saturated heterocycles. The van der Waals surface area contributed by atoms with Crippen molar-refractivity contribution in [1.82, 2.24) is 14.5 Å². The van der Waals surface area contributed by atoms with Crippen LogP contribution in [0.2, 0.25) is 25.7 Å². The fourth-order valence-corrected chi connectivity index (χ4v) is 4.45. The Hall–Kier alpha value is -1.64. The van der Waals surface area contributed by atoms with Crippen molar-refractivity contribution in [2.24, 2.45) is 0 Å². The number of nitrogens with zero attached hydrogens (tertiary/aromatic N) is 4. The molecule has 1 fully saturated rings. The Kier molecular flexibility index (Phi) is 4.66. The third kappa shape index (κ3) is 3.45. The highest BCUT2D eigenvalue weighted by atomic mass is 28.3. The molecule has 26 heavy (non-hydrogen) atoms. The number of hydrogen-bond acceptors (Lipinski definition) is 6. The van der Waals surface area contributed by atoms with Gasteiger partial charge in [0, 0.05) is 21.2 Å². The van der Waals surface area contributed by atoms with E-state index in [1.54, 1.807) is 6.33 Å². The Morgan fingerprint density at radius 3 is 3.00 bits per heavy atom. The number of ether oxygens (including phenoxy) is 2. The van der Waals surface area contributed by atoms with Gasteiger partial charge >= 0.3 is 0 Å². The molecule has 4 heterocycles. The van der Waals surface area contributed by atoms with Crippen molar-refractivity contribution in [3.63, 3.8) is 0 Å². The van der Waals surface area contributed by atoms with Crippen LogP contribution >= 0.6 is 0 Å². The second-order valence-corrected chi connectivity index (χ2v) is 14.2. The van der Waals surface area contributed by atoms with Crippen LogP contribution in [0.25, 0.3) is 11.0 Å². The van der Waals surface area contributed by atoms with E-state index < -0.39 is 8.07 Å². The van der Waals surface area contributed by atoms with Gasteiger partial charge in [0.1, 0.15) is 36.6 Å². The van der Waals surface area contributed by atoms with Crippen molar-refractivity contribution in [2.75, 3.05) is 24.7 Å². The largest absolute Gasteiger partial charge is 0.489 e. The first-order valence-corrected chi connectivity index (χ1v) is 13.1. The molecule has 0 aliphatic carbocycles. The van der Waals surface area contributed by atoms with Crippen molar-refractivity contribution >= 4 is 24.9 Å². The number of rotatable bonds is 5. The maximum atomic E-state index is 9.99. The summed E-state index contributed by atoms with van der Waals surface area (Å²) in [6.07, 6.45) is 4.82. The van der Waals surface area contributed by atoms with E-state index in [0.717, 1.165) is 54.6 Å². The molecule has 0 radical (unpaired) electrons. The number of aliphatic hydroxyl groups excluding tert-OH is 1. The molecule has 0 saturated carbocycles. The van der Waals surface area contributed by atoms with Crippen LogP contribution in [0, 0.1) is 0 Å². The van der Waals surface area contributed by atoms with Crippen LogP contribution in [0.5, 0.6) is 5.75 Å². The Bertz CT molecular complexity index is 789. The molecule has 1 N–H and O–H groups in total. The molecule has 0 aromatic carbocycles. The smallest absolute Gasteiger partial charge is 0.151 e. The van der Waals surface area contributed by atoms with E-state index in [2.05, 4.69) is 34.5 Å². The Morgan fingerprint density at radius 2 is 2.19 bits per heavy atom. The zero-order chi connectivity index (χ0) is 18.3. The quantitative estimate of drug-likeness (QED) is 0.638. The van der Waals surface area contributed by atoms with Crippen LogP contribution in [0.15, 0.2) is 12.5 Å². The van der Waals surface area contributed by atoms with Gasteiger partial charge in [0.2, 0.25) is 0 Å². The van der Waals surface area contributed by atoms with Crippen molar-refractivity contribution in [1.29, 1.82) is 0 Å². The summed E-state index contributed by atoms with van der Waals surface area (Å²) in [5, 5.41) is 10.9. The molecule has 8 heteroatoms. The predicted octanol–water partition coefficient (Wildman–Crippen LogP) is 2.47. The SMILES string of the molecule is C[Si](C)(C)CCOCn1cc2c3c(ncnc31)N1CCC(O)C[C@H]1CO2. The molecule has 4 rings (SSSR count). The van der Waals surface area contributed by atoms with Gasteiger partial charge in [-0.25, -0.2) is 9.97 Å². The number of aliphatic hydroxyl groups is 1. The first-order chi connectivity index (χ1) is 12.4. The highest BCUT2D eigenvalue weighted by molar-refractivity contribution is 6.76. The van der Waals surface area contributed by atoms with E-state index in [4.69, 9.17) is 9.47 Å². The second kappa shape index (κ2) is 6.83. The lowest BCUT2D eigenvalue weighted by atomic mass is 10.00. The summed E-state index contributed by atoms with van der Waals surface area (Å²) in [6, 6.07) is 1.30. The summed E-state index contributed by atoms with van der Waals surface area (Å²) >= 11 is 0. The van der Waals surface area contributed by atoms with Crippen LogP contribution in [0.1, 0.15) is 12.8 Å². The zero-order valence-electron chi connectivity index (χ0n) is 15.8. The van der Waals surface area contributed by atoms with Crippen molar-refractivity contribution in [2.45, 2.75) is 57.4 Å². The topological polar surface area (TPSA) is 72.6 Å². The minimum Gasteiger partial charge on any atom is -0.489 e. The molecule has 142 valence electrons. The molecular formula is C18H28N4O3Si. The molecule has 1 unspecified atom stereocenters. The monoisotopic (exact) mass is 376 g/mol. The van der Waals surface area contributed by atoms with Crippen molar-refractivity contribution < 1.29 is 14.6 Å². The summed E-state index contributed by atoms with van der Waals surface area (Å²) in [6.45, 7) is 9.65. The predicted molar refractivity (Wildman–Crippen MR) is 104 cm³/mol. The van der Waals surface area contributed by atoms with E-state index >= 15 is 0 Å². The Labute approximate surface area is 155 Å². The van der Waals surface area contributed by atoms with E-state index in [-0.39, 0.29) is 12.1 Å². The van der Waals surface area contributed by atoms with Gasteiger partial charge in [-0.1, -0.05) is 19.6 Å². The second-order valence-electron chi connectivity index (χ2n) is 8.54. The first kappa shape index (κ1) is 17.8. The third-order valence-electron chi connectivity index (χ3n) is 5.22. The Balaban J connectivity index is 1.59. The number of hydrogen-bond donors (Lipinski definition) is 1. The van der Waals surface area contributed by atoms with Gasteiger partial charge in [-0.2, -0.15) is 0 Å². The van der Waals surface area contributed by atoms with Crippen LogP contribution in [-0.2, 0) is 11.5 Å². The van der Waals surface area contributed by atoms with E-state index in [9.17, 15) is 5.11 Å². The standard InChI is InChI=1S/C18H28N4O3Si/c1-26(2,3)7-6-24-12-21-9-15-16-17(21)19-11-20-18(16)22-5-4-14(23)8-13(22)10-25-15/h9,11,13-14,23H,4-8,10,12H2,1-3H3/t13-,14?/m0/s1. The lowest BCUT2D eigenvalue weighted by molar-refractivity contribution is 0.0892. The zero-order valence-corrected chi connectivity index (χ0v) is 16.8. The van der Waals surface area contributed by atoms with Gasteiger partial charge in [0.05, 0.1) is 18.3 Å². The van der Waals surface area contributed by atoms with Crippen LogP contribution < -0.4 is 9.64 Å². The minimum absolute atomic E-state index is 0.158. The molecule has 0 amide bonds. The highest BCUT2D eigenvalue weighted by Gasteiger charge is 2.34. The number of fused-ring (bicyclic) bond motifs is 2. The van der Waals surface area contributed by atoms with Crippen LogP contribution in [-0.4, -0.2) is 59.6 Å². The van der Waals surface area contributed by atoms with Gasteiger partial charge in [0.25, 0.3) is 0 Å². The number of aromatic nitrogens is 3. The minimum atomic E-state index is -1.09. The molecule has 2 aliphatic rings. The Morgan fingerprint density at radius 1 is 1.35 bits per heavy atom. The molecule has 0 bridgehead atoms. The molecular weight excluding hydrogens is 348 g/mol. The highest BCUT2D eigenvalue weighted by Crippen LogP contribution is 2.39. The molecule has 2 aliphatic heterocycles. The van der Waals surface area contributed by atoms with Gasteiger partial charge in [0.15, 0.2) is 5.65 Å². The average molecular weight is 377 g/mol. The summed E-state index contributed by atoms with van der Waals surface area (Å²) in [4.78, 5) is 11.3. The molecule has 2 atom stereocenters. The summed E-state index contributed by atoms with van der Waals surface area (Å²) in [5.41, 5.74) is 0.852. The fraction of sp³-hybridized carbons (Fsp3) is 0.667. The van der Waals surface area contributed by atoms with Crippen LogP contribution in [0.4, 0.5) is 5.82 Å². The first-order valence-electron chi connectivity index (χ1n) is 9.41. The molecule has 0 spiro atoms. The third-order valence-corrected chi connectivity index (χ3v) is 6.92. The van der Waals surface area contributed by atoms with E-state index in [1.807, 2.05) is 10.8 Å². The van der Waals surface area contributed by atoms with E-state index in [1.165, 1.54) is 0 Å². The summed E-state index contributed by atoms with van der Waals surface area (Å²) in [5.74, 6) is 1.73. The van der Waals surface area contributed by atoms with Gasteiger partial charge in [-0.05, 0) is 18.9 Å². The maximum absolute atomic E-state index is 9.99. The average Bonchev–Trinajstić information content (AvgIpc) is 2.86. The number of anilines is 1. The maximum Gasteiger partial charge on any atom is 0.151 e. The molecule has 2 aromatic rings. The van der Waals surface area contributed by atoms with Gasteiger partial charge in [-0.3, -0.25) is 0 Å². The summed E-state index contributed by atoms with van der Waals surface area (Å²) < 4.78 is 14.0. The molecule has 2 aromatic heterocycles. The summed E-state index contributed by atoms with van der Waals surface area (Å²) in [7, 11) is -1.09. The fourth-order valence-electron chi connectivity index (χ4n) is 3.69.